The van der Waals surface area contributed by atoms with E-state index in [0.717, 1.165) is 18.7 Å². The number of benzene rings is 1. The highest BCUT2D eigenvalue weighted by molar-refractivity contribution is 5.58. The summed E-state index contributed by atoms with van der Waals surface area (Å²) in [5, 5.41) is 9.85. The average Bonchev–Trinajstić information content (AvgIpc) is 3.13. The highest BCUT2D eigenvalue weighted by Crippen LogP contribution is 2.37. The third-order valence-corrected chi connectivity index (χ3v) is 3.52. The van der Waals surface area contributed by atoms with E-state index in [1.54, 1.807) is 13.8 Å². The summed E-state index contributed by atoms with van der Waals surface area (Å²) in [6.45, 7) is 6.59. The Morgan fingerprint density at radius 1 is 1.44 bits per heavy atom. The van der Waals surface area contributed by atoms with E-state index in [4.69, 9.17) is 0 Å². The number of aliphatic hydroxyl groups excluding tert-OH is 1. The van der Waals surface area contributed by atoms with Crippen molar-refractivity contribution in [3.8, 4) is 0 Å². The Balaban J connectivity index is 2.42. The van der Waals surface area contributed by atoms with Crippen LogP contribution in [-0.4, -0.2) is 17.7 Å². The summed E-state index contributed by atoms with van der Waals surface area (Å²) >= 11 is 0. The molecule has 1 N–H and O–H groups in total. The van der Waals surface area contributed by atoms with Crippen LogP contribution in [0.2, 0.25) is 0 Å². The van der Waals surface area contributed by atoms with Gasteiger partial charge in [-0.2, -0.15) is 0 Å². The van der Waals surface area contributed by atoms with E-state index in [-0.39, 0.29) is 5.82 Å². The van der Waals surface area contributed by atoms with Gasteiger partial charge in [-0.3, -0.25) is 0 Å². The van der Waals surface area contributed by atoms with E-state index in [1.807, 2.05) is 6.07 Å². The third kappa shape index (κ3) is 2.66. The van der Waals surface area contributed by atoms with Crippen LogP contribution in [0.3, 0.4) is 0 Å². The molecule has 2 rings (SSSR count). The molecule has 0 saturated heterocycles. The predicted octanol–water partition coefficient (Wildman–Crippen LogP) is 3.57. The van der Waals surface area contributed by atoms with Crippen molar-refractivity contribution in [2.75, 3.05) is 11.4 Å². The molecule has 0 spiro atoms. The topological polar surface area (TPSA) is 23.5 Å². The van der Waals surface area contributed by atoms with Crippen molar-refractivity contribution in [2.45, 2.75) is 52.2 Å². The molecule has 1 saturated carbocycles. The van der Waals surface area contributed by atoms with Crippen molar-refractivity contribution >= 4 is 5.69 Å². The van der Waals surface area contributed by atoms with Gasteiger partial charge in [-0.1, -0.05) is 6.92 Å². The molecular weight excluding hydrogens is 229 g/mol. The summed E-state index contributed by atoms with van der Waals surface area (Å²) in [6.07, 6.45) is 2.84. The molecule has 18 heavy (non-hydrogen) atoms. The first-order valence-electron chi connectivity index (χ1n) is 6.79. The van der Waals surface area contributed by atoms with Crippen molar-refractivity contribution < 1.29 is 9.50 Å². The Bertz CT molecular complexity index is 427. The molecule has 1 aliphatic rings. The molecule has 0 amide bonds. The maximum atomic E-state index is 13.7. The Kier molecular flexibility index (Phi) is 3.91. The molecule has 1 aromatic carbocycles. The third-order valence-electron chi connectivity index (χ3n) is 3.52. The number of anilines is 1. The van der Waals surface area contributed by atoms with E-state index in [2.05, 4.69) is 11.8 Å². The van der Waals surface area contributed by atoms with Crippen LogP contribution >= 0.6 is 0 Å². The summed E-state index contributed by atoms with van der Waals surface area (Å²) < 4.78 is 13.7. The van der Waals surface area contributed by atoms with Crippen LogP contribution in [-0.2, 0) is 0 Å². The van der Waals surface area contributed by atoms with Crippen molar-refractivity contribution in [1.82, 2.24) is 0 Å². The maximum absolute atomic E-state index is 13.7. The molecule has 0 heterocycles. The van der Waals surface area contributed by atoms with E-state index in [9.17, 15) is 9.50 Å². The molecule has 0 aliphatic heterocycles. The lowest BCUT2D eigenvalue weighted by atomic mass is 10.0. The van der Waals surface area contributed by atoms with Gasteiger partial charge in [0, 0.05) is 23.8 Å². The first kappa shape index (κ1) is 13.3. The first-order valence-corrected chi connectivity index (χ1v) is 6.79. The number of hydrogen-bond acceptors (Lipinski definition) is 2. The Labute approximate surface area is 108 Å². The second kappa shape index (κ2) is 5.27. The largest absolute Gasteiger partial charge is 0.389 e. The maximum Gasteiger partial charge on any atom is 0.126 e. The average molecular weight is 251 g/mol. The van der Waals surface area contributed by atoms with E-state index in [0.29, 0.717) is 17.2 Å². The summed E-state index contributed by atoms with van der Waals surface area (Å²) in [5.74, 6) is -0.234. The van der Waals surface area contributed by atoms with Gasteiger partial charge >= 0.3 is 0 Å². The first-order chi connectivity index (χ1) is 8.54. The minimum atomic E-state index is -0.631. The van der Waals surface area contributed by atoms with Crippen molar-refractivity contribution in [3.63, 3.8) is 0 Å². The molecule has 1 aliphatic carbocycles. The van der Waals surface area contributed by atoms with Gasteiger partial charge in [0.25, 0.3) is 0 Å². The molecule has 1 aromatic rings. The zero-order chi connectivity index (χ0) is 13.3. The minimum absolute atomic E-state index is 0.234. The van der Waals surface area contributed by atoms with Gasteiger partial charge in [-0.25, -0.2) is 4.39 Å². The number of hydrogen-bond donors (Lipinski definition) is 1. The number of halogens is 1. The monoisotopic (exact) mass is 251 g/mol. The fourth-order valence-corrected chi connectivity index (χ4v) is 2.39. The second-order valence-corrected chi connectivity index (χ2v) is 5.26. The number of nitrogens with zero attached hydrogens (tertiary/aromatic N) is 1. The molecule has 1 atom stereocenters. The van der Waals surface area contributed by atoms with Gasteiger partial charge in [0.15, 0.2) is 0 Å². The van der Waals surface area contributed by atoms with Crippen LogP contribution in [0.15, 0.2) is 12.1 Å². The van der Waals surface area contributed by atoms with Crippen molar-refractivity contribution in [1.29, 1.82) is 0 Å². The van der Waals surface area contributed by atoms with Crippen LogP contribution < -0.4 is 4.90 Å². The molecule has 0 bridgehead atoms. The van der Waals surface area contributed by atoms with Crippen molar-refractivity contribution in [3.05, 3.63) is 29.1 Å². The van der Waals surface area contributed by atoms with Crippen LogP contribution in [0.4, 0.5) is 10.1 Å². The highest BCUT2D eigenvalue weighted by atomic mass is 19.1. The highest BCUT2D eigenvalue weighted by Gasteiger charge is 2.30. The zero-order valence-electron chi connectivity index (χ0n) is 11.4. The molecule has 3 heteroatoms. The molecule has 0 radical (unpaired) electrons. The SMILES string of the molecule is CCCN(c1cc(C)c(F)cc1C(C)O)C1CC1. The zero-order valence-corrected chi connectivity index (χ0v) is 11.4. The van der Waals surface area contributed by atoms with Gasteiger partial charge < -0.3 is 10.0 Å². The number of aryl methyl sites for hydroxylation is 1. The Morgan fingerprint density at radius 2 is 2.11 bits per heavy atom. The summed E-state index contributed by atoms with van der Waals surface area (Å²) in [6, 6.07) is 3.94. The quantitative estimate of drug-likeness (QED) is 0.864. The molecule has 1 unspecified atom stereocenters. The lowest BCUT2D eigenvalue weighted by Crippen LogP contribution is -2.28. The Hall–Kier alpha value is -1.09. The molecule has 0 aromatic heterocycles. The van der Waals surface area contributed by atoms with Gasteiger partial charge in [0.2, 0.25) is 0 Å². The molecular formula is C15H22FNO. The minimum Gasteiger partial charge on any atom is -0.389 e. The van der Waals surface area contributed by atoms with E-state index < -0.39 is 6.10 Å². The lowest BCUT2D eigenvalue weighted by Gasteiger charge is -2.28. The number of rotatable bonds is 5. The molecule has 2 nitrogen and oxygen atoms in total. The van der Waals surface area contributed by atoms with Crippen molar-refractivity contribution in [2.24, 2.45) is 0 Å². The lowest BCUT2D eigenvalue weighted by molar-refractivity contribution is 0.199. The van der Waals surface area contributed by atoms with Crippen LogP contribution in [0.5, 0.6) is 0 Å². The Morgan fingerprint density at radius 3 is 2.61 bits per heavy atom. The number of aliphatic hydroxyl groups is 1. The van der Waals surface area contributed by atoms with Gasteiger partial charge in [0.1, 0.15) is 5.82 Å². The fourth-order valence-electron chi connectivity index (χ4n) is 2.39. The fraction of sp³-hybridized carbons (Fsp3) is 0.600. The van der Waals surface area contributed by atoms with Gasteiger partial charge in [-0.05, 0) is 50.8 Å². The normalized spacial score (nSPS) is 16.7. The molecule has 1 fully saturated rings. The van der Waals surface area contributed by atoms with Gasteiger partial charge in [-0.15, -0.1) is 0 Å². The summed E-state index contributed by atoms with van der Waals surface area (Å²) in [4.78, 5) is 2.33. The van der Waals surface area contributed by atoms with Gasteiger partial charge in [0.05, 0.1) is 6.10 Å². The molecule has 100 valence electrons. The smallest absolute Gasteiger partial charge is 0.126 e. The summed E-state index contributed by atoms with van der Waals surface area (Å²) in [5.41, 5.74) is 2.36. The predicted molar refractivity (Wildman–Crippen MR) is 72.4 cm³/mol. The second-order valence-electron chi connectivity index (χ2n) is 5.26. The van der Waals surface area contributed by atoms with Crippen LogP contribution in [0.25, 0.3) is 0 Å². The van der Waals surface area contributed by atoms with Crippen LogP contribution in [0, 0.1) is 12.7 Å². The van der Waals surface area contributed by atoms with E-state index >= 15 is 0 Å². The summed E-state index contributed by atoms with van der Waals surface area (Å²) in [7, 11) is 0. The standard InChI is InChI=1S/C15H22FNO/c1-4-7-17(12-5-6-12)15-8-10(2)14(16)9-13(15)11(3)18/h8-9,11-12,18H,4-7H2,1-3H3. The van der Waals surface area contributed by atoms with E-state index in [1.165, 1.54) is 18.9 Å². The van der Waals surface area contributed by atoms with Crippen LogP contribution in [0.1, 0.15) is 50.3 Å².